The Morgan fingerprint density at radius 1 is 1.25 bits per heavy atom. The number of halogens is 1. The quantitative estimate of drug-likeness (QED) is 0.838. The van der Waals surface area contributed by atoms with E-state index in [2.05, 4.69) is 0 Å². The van der Waals surface area contributed by atoms with Gasteiger partial charge in [-0.2, -0.15) is 4.31 Å². The lowest BCUT2D eigenvalue weighted by atomic mass is 10.2. The first-order chi connectivity index (χ1) is 9.34. The highest BCUT2D eigenvalue weighted by molar-refractivity contribution is 7.89. The Kier molecular flexibility index (Phi) is 5.98. The zero-order valence-corrected chi connectivity index (χ0v) is 13.0. The Labute approximate surface area is 124 Å². The van der Waals surface area contributed by atoms with Gasteiger partial charge in [-0.1, -0.05) is 25.4 Å². The smallest absolute Gasteiger partial charge is 0.337 e. The second-order valence-corrected chi connectivity index (χ2v) is 6.70. The SMILES string of the molecule is CCCN(CCC)S(=O)(=O)c1ccc(Cl)c(C(=O)O)c1. The highest BCUT2D eigenvalue weighted by Crippen LogP contribution is 2.23. The van der Waals surface area contributed by atoms with Crippen LogP contribution in [0.5, 0.6) is 0 Å². The lowest BCUT2D eigenvalue weighted by Gasteiger charge is -2.21. The third-order valence-electron chi connectivity index (χ3n) is 2.75. The van der Waals surface area contributed by atoms with E-state index in [0.29, 0.717) is 25.9 Å². The van der Waals surface area contributed by atoms with Gasteiger partial charge in [-0.15, -0.1) is 0 Å². The zero-order chi connectivity index (χ0) is 15.3. The molecule has 0 saturated carbocycles. The first-order valence-electron chi connectivity index (χ1n) is 6.37. The van der Waals surface area contributed by atoms with Crippen LogP contribution in [0, 0.1) is 0 Å². The van der Waals surface area contributed by atoms with Crippen LogP contribution in [0.3, 0.4) is 0 Å². The number of carbonyl (C=O) groups is 1. The molecular formula is C13H18ClNO4S. The van der Waals surface area contributed by atoms with Gasteiger partial charge in [0.1, 0.15) is 0 Å². The minimum absolute atomic E-state index is 0.0222. The highest BCUT2D eigenvalue weighted by Gasteiger charge is 2.24. The van der Waals surface area contributed by atoms with Crippen molar-refractivity contribution in [3.8, 4) is 0 Å². The van der Waals surface area contributed by atoms with E-state index in [9.17, 15) is 13.2 Å². The van der Waals surface area contributed by atoms with Crippen molar-refractivity contribution in [3.05, 3.63) is 28.8 Å². The van der Waals surface area contributed by atoms with E-state index < -0.39 is 16.0 Å². The fourth-order valence-electron chi connectivity index (χ4n) is 1.83. The van der Waals surface area contributed by atoms with Gasteiger partial charge in [-0.3, -0.25) is 0 Å². The number of sulfonamides is 1. The average molecular weight is 320 g/mol. The third kappa shape index (κ3) is 3.71. The summed E-state index contributed by atoms with van der Waals surface area (Å²) >= 11 is 5.75. The number of aromatic carboxylic acids is 1. The second kappa shape index (κ2) is 7.06. The van der Waals surface area contributed by atoms with Crippen molar-refractivity contribution < 1.29 is 18.3 Å². The molecule has 0 spiro atoms. The lowest BCUT2D eigenvalue weighted by Crippen LogP contribution is -2.32. The Balaban J connectivity index is 3.26. The molecule has 0 bridgehead atoms. The molecule has 0 aliphatic carbocycles. The molecule has 0 amide bonds. The summed E-state index contributed by atoms with van der Waals surface area (Å²) in [6, 6.07) is 3.74. The molecule has 1 aromatic rings. The van der Waals surface area contributed by atoms with Gasteiger partial charge in [0, 0.05) is 13.1 Å². The van der Waals surface area contributed by atoms with E-state index in [0.717, 1.165) is 6.07 Å². The van der Waals surface area contributed by atoms with E-state index in [1.54, 1.807) is 0 Å². The normalized spacial score (nSPS) is 11.8. The molecule has 20 heavy (non-hydrogen) atoms. The molecule has 112 valence electrons. The summed E-state index contributed by atoms with van der Waals surface area (Å²) in [6.45, 7) is 4.59. The molecule has 0 heterocycles. The van der Waals surface area contributed by atoms with Crippen LogP contribution >= 0.6 is 11.6 Å². The Morgan fingerprint density at radius 2 is 1.80 bits per heavy atom. The summed E-state index contributed by atoms with van der Waals surface area (Å²) in [7, 11) is -3.69. The number of nitrogens with zero attached hydrogens (tertiary/aromatic N) is 1. The number of hydrogen-bond acceptors (Lipinski definition) is 3. The van der Waals surface area contributed by atoms with Crippen molar-refractivity contribution in [2.75, 3.05) is 13.1 Å². The molecule has 5 nitrogen and oxygen atoms in total. The number of carboxylic acids is 1. The van der Waals surface area contributed by atoms with Gasteiger partial charge in [0.05, 0.1) is 15.5 Å². The van der Waals surface area contributed by atoms with Crippen molar-refractivity contribution >= 4 is 27.6 Å². The van der Waals surface area contributed by atoms with Gasteiger partial charge in [-0.05, 0) is 31.0 Å². The third-order valence-corrected chi connectivity index (χ3v) is 4.98. The molecule has 1 N–H and O–H groups in total. The van der Waals surface area contributed by atoms with Crippen molar-refractivity contribution in [1.82, 2.24) is 4.31 Å². The van der Waals surface area contributed by atoms with E-state index in [4.69, 9.17) is 16.7 Å². The van der Waals surface area contributed by atoms with E-state index in [1.165, 1.54) is 16.4 Å². The molecule has 0 aliphatic heterocycles. The minimum Gasteiger partial charge on any atom is -0.478 e. The summed E-state index contributed by atoms with van der Waals surface area (Å²) in [5.41, 5.74) is -0.208. The summed E-state index contributed by atoms with van der Waals surface area (Å²) < 4.78 is 26.3. The van der Waals surface area contributed by atoms with Gasteiger partial charge in [0.2, 0.25) is 10.0 Å². The largest absolute Gasteiger partial charge is 0.478 e. The molecule has 0 aliphatic rings. The van der Waals surface area contributed by atoms with Crippen LogP contribution in [-0.4, -0.2) is 36.9 Å². The lowest BCUT2D eigenvalue weighted by molar-refractivity contribution is 0.0697. The molecule has 1 aromatic carbocycles. The predicted octanol–water partition coefficient (Wildman–Crippen LogP) is 2.85. The average Bonchev–Trinajstić information content (AvgIpc) is 2.38. The van der Waals surface area contributed by atoms with E-state index in [1.807, 2.05) is 13.8 Å². The van der Waals surface area contributed by atoms with Crippen LogP contribution in [0.1, 0.15) is 37.0 Å². The fraction of sp³-hybridized carbons (Fsp3) is 0.462. The summed E-state index contributed by atoms with van der Waals surface area (Å²) in [5, 5.41) is 9.03. The Hall–Kier alpha value is -1.11. The Morgan fingerprint density at radius 3 is 2.25 bits per heavy atom. The van der Waals surface area contributed by atoms with Gasteiger partial charge < -0.3 is 5.11 Å². The van der Waals surface area contributed by atoms with Crippen LogP contribution in [0.25, 0.3) is 0 Å². The molecule has 0 radical (unpaired) electrons. The van der Waals surface area contributed by atoms with Crippen LogP contribution in [0.15, 0.2) is 23.1 Å². The zero-order valence-electron chi connectivity index (χ0n) is 11.5. The van der Waals surface area contributed by atoms with Gasteiger partial charge in [0.15, 0.2) is 0 Å². The number of rotatable bonds is 7. The molecule has 7 heteroatoms. The van der Waals surface area contributed by atoms with Crippen molar-refractivity contribution in [3.63, 3.8) is 0 Å². The van der Waals surface area contributed by atoms with Crippen molar-refractivity contribution in [2.45, 2.75) is 31.6 Å². The van der Waals surface area contributed by atoms with E-state index >= 15 is 0 Å². The summed E-state index contributed by atoms with van der Waals surface area (Å²) in [5.74, 6) is -1.25. The van der Waals surface area contributed by atoms with E-state index in [-0.39, 0.29) is 15.5 Å². The monoisotopic (exact) mass is 319 g/mol. The standard InChI is InChI=1S/C13H18ClNO4S/c1-3-7-15(8-4-2)20(18,19)10-5-6-12(14)11(9-10)13(16)17/h5-6,9H,3-4,7-8H2,1-2H3,(H,16,17). The van der Waals surface area contributed by atoms with Crippen LogP contribution in [0.4, 0.5) is 0 Å². The molecule has 1 rings (SSSR count). The molecule has 0 saturated heterocycles. The summed E-state index contributed by atoms with van der Waals surface area (Å²) in [4.78, 5) is 11.0. The molecule has 0 fully saturated rings. The number of benzene rings is 1. The van der Waals surface area contributed by atoms with Crippen LogP contribution in [0.2, 0.25) is 5.02 Å². The van der Waals surface area contributed by atoms with Crippen molar-refractivity contribution in [1.29, 1.82) is 0 Å². The molecular weight excluding hydrogens is 302 g/mol. The maximum atomic E-state index is 12.5. The summed E-state index contributed by atoms with van der Waals surface area (Å²) in [6.07, 6.45) is 1.39. The fourth-order valence-corrected chi connectivity index (χ4v) is 3.68. The van der Waals surface area contributed by atoms with Crippen LogP contribution < -0.4 is 0 Å². The van der Waals surface area contributed by atoms with Gasteiger partial charge >= 0.3 is 5.97 Å². The maximum absolute atomic E-state index is 12.5. The maximum Gasteiger partial charge on any atom is 0.337 e. The van der Waals surface area contributed by atoms with Crippen molar-refractivity contribution in [2.24, 2.45) is 0 Å². The molecule has 0 aromatic heterocycles. The molecule has 0 atom stereocenters. The topological polar surface area (TPSA) is 74.7 Å². The number of hydrogen-bond donors (Lipinski definition) is 1. The Bertz CT molecular complexity index is 580. The minimum atomic E-state index is -3.69. The first-order valence-corrected chi connectivity index (χ1v) is 8.19. The second-order valence-electron chi connectivity index (χ2n) is 4.35. The first kappa shape index (κ1) is 16.9. The van der Waals surface area contributed by atoms with Gasteiger partial charge in [-0.25, -0.2) is 13.2 Å². The van der Waals surface area contributed by atoms with Crippen LogP contribution in [-0.2, 0) is 10.0 Å². The molecule has 0 unspecified atom stereocenters. The highest BCUT2D eigenvalue weighted by atomic mass is 35.5. The number of carboxylic acid groups (broad SMARTS) is 1. The van der Waals surface area contributed by atoms with Gasteiger partial charge in [0.25, 0.3) is 0 Å². The predicted molar refractivity (Wildman–Crippen MR) is 77.8 cm³/mol.